The van der Waals surface area contributed by atoms with Crippen LogP contribution in [0.4, 0.5) is 17.2 Å². The number of carbonyl (C=O) groups is 3. The van der Waals surface area contributed by atoms with Crippen LogP contribution in [0.3, 0.4) is 0 Å². The minimum atomic E-state index is -0.742. The first-order chi connectivity index (χ1) is 17.8. The molecule has 2 heterocycles. The molecule has 1 saturated heterocycles. The van der Waals surface area contributed by atoms with Crippen molar-refractivity contribution in [1.82, 2.24) is 4.98 Å². The van der Waals surface area contributed by atoms with Crippen LogP contribution in [0.2, 0.25) is 5.02 Å². The highest BCUT2D eigenvalue weighted by atomic mass is 35.5. The summed E-state index contributed by atoms with van der Waals surface area (Å²) in [7, 11) is 0. The highest BCUT2D eigenvalue weighted by Crippen LogP contribution is 2.31. The van der Waals surface area contributed by atoms with Gasteiger partial charge in [-0.3, -0.25) is 14.4 Å². The summed E-state index contributed by atoms with van der Waals surface area (Å²) >= 11 is 5.82. The maximum Gasteiger partial charge on any atom is 0.276 e. The highest BCUT2D eigenvalue weighted by Gasteiger charge is 2.24. The molecular formula is C24H26ClN7O5. The largest absolute Gasteiger partial charge is 0.490 e. The molecular weight excluding hydrogens is 502 g/mol. The van der Waals surface area contributed by atoms with Gasteiger partial charge in [-0.2, -0.15) is 0 Å². The molecule has 37 heavy (non-hydrogen) atoms. The fourth-order valence-corrected chi connectivity index (χ4v) is 3.30. The quantitative estimate of drug-likeness (QED) is 0.265. The van der Waals surface area contributed by atoms with Gasteiger partial charge in [0.25, 0.3) is 17.7 Å². The number of hydrogen-bond donors (Lipinski definition) is 4. The Labute approximate surface area is 218 Å². The van der Waals surface area contributed by atoms with Crippen molar-refractivity contribution < 1.29 is 23.9 Å². The zero-order chi connectivity index (χ0) is 26.8. The Kier molecular flexibility index (Phi) is 9.72. The fraction of sp³-hybridized carbons (Fsp3) is 0.208. The molecule has 0 radical (unpaired) electrons. The van der Waals surface area contributed by atoms with Crippen molar-refractivity contribution in [1.29, 1.82) is 0 Å². The van der Waals surface area contributed by atoms with Crippen LogP contribution in [0, 0.1) is 0 Å². The number of ether oxygens (including phenoxy) is 2. The molecule has 0 atom stereocenters. The molecule has 194 valence electrons. The Balaban J connectivity index is 1.82. The molecule has 0 saturated carbocycles. The van der Waals surface area contributed by atoms with Crippen LogP contribution in [0.15, 0.2) is 66.1 Å². The maximum absolute atomic E-state index is 13.1. The van der Waals surface area contributed by atoms with E-state index in [-0.39, 0.29) is 54.2 Å². The third kappa shape index (κ3) is 7.36. The second-order valence-electron chi connectivity index (χ2n) is 7.48. The van der Waals surface area contributed by atoms with Crippen molar-refractivity contribution in [2.75, 3.05) is 48.4 Å². The number of benzene rings is 1. The zero-order valence-electron chi connectivity index (χ0n) is 19.8. The second-order valence-corrected chi connectivity index (χ2v) is 7.92. The number of hydrogen-bond acceptors (Lipinski definition) is 9. The van der Waals surface area contributed by atoms with Gasteiger partial charge in [0.2, 0.25) is 0 Å². The lowest BCUT2D eigenvalue weighted by atomic mass is 10.1. The molecule has 1 aliphatic heterocycles. The number of rotatable bonds is 10. The normalized spacial score (nSPS) is 13.9. The van der Waals surface area contributed by atoms with Crippen LogP contribution < -0.4 is 31.7 Å². The first kappa shape index (κ1) is 27.3. The number of morpholine rings is 1. The monoisotopic (exact) mass is 527 g/mol. The van der Waals surface area contributed by atoms with E-state index in [4.69, 9.17) is 32.5 Å². The lowest BCUT2D eigenvalue weighted by Crippen LogP contribution is -2.41. The number of carbonyl (C=O) groups excluding carboxylic acids is 3. The third-order valence-electron chi connectivity index (χ3n) is 4.92. The molecule has 13 heteroatoms. The van der Waals surface area contributed by atoms with Gasteiger partial charge in [-0.1, -0.05) is 18.2 Å². The summed E-state index contributed by atoms with van der Waals surface area (Å²) in [6, 6.07) is 7.87. The number of aliphatic imine (C=N–C) groups is 1. The number of aromatic nitrogens is 1. The molecule has 1 aromatic heterocycles. The van der Waals surface area contributed by atoms with Gasteiger partial charge >= 0.3 is 0 Å². The van der Waals surface area contributed by atoms with Gasteiger partial charge in [0.15, 0.2) is 0 Å². The molecule has 12 nitrogen and oxygen atoms in total. The van der Waals surface area contributed by atoms with Crippen molar-refractivity contribution in [3.8, 4) is 5.75 Å². The molecule has 0 spiro atoms. The Morgan fingerprint density at radius 3 is 2.76 bits per heavy atom. The molecule has 3 rings (SSSR count). The molecule has 2 aromatic rings. The molecule has 0 bridgehead atoms. The maximum atomic E-state index is 13.1. The van der Waals surface area contributed by atoms with Gasteiger partial charge in [-0.05, 0) is 24.3 Å². The predicted molar refractivity (Wildman–Crippen MR) is 141 cm³/mol. The van der Waals surface area contributed by atoms with Gasteiger partial charge < -0.3 is 36.5 Å². The van der Waals surface area contributed by atoms with Crippen molar-refractivity contribution in [2.45, 2.75) is 0 Å². The highest BCUT2D eigenvalue weighted by molar-refractivity contribution is 6.54. The number of anilines is 3. The average molecular weight is 528 g/mol. The van der Waals surface area contributed by atoms with Gasteiger partial charge in [0, 0.05) is 43.4 Å². The lowest BCUT2D eigenvalue weighted by Gasteiger charge is -2.27. The second kappa shape index (κ2) is 13.2. The van der Waals surface area contributed by atoms with Crippen LogP contribution in [0.5, 0.6) is 5.75 Å². The molecule has 0 unspecified atom stereocenters. The van der Waals surface area contributed by atoms with Gasteiger partial charge in [0.1, 0.15) is 30.5 Å². The van der Waals surface area contributed by atoms with E-state index in [1.807, 2.05) is 0 Å². The van der Waals surface area contributed by atoms with Crippen LogP contribution in [-0.4, -0.2) is 61.3 Å². The van der Waals surface area contributed by atoms with Crippen molar-refractivity contribution >= 4 is 52.2 Å². The summed E-state index contributed by atoms with van der Waals surface area (Å²) in [5, 5.41) is 5.57. The summed E-state index contributed by atoms with van der Waals surface area (Å²) in [5.74, 6) is -1.20. The van der Waals surface area contributed by atoms with Crippen LogP contribution in [0.25, 0.3) is 0 Å². The number of amides is 3. The predicted octanol–water partition coefficient (Wildman–Crippen LogP) is 1.44. The van der Waals surface area contributed by atoms with E-state index in [9.17, 15) is 14.4 Å². The zero-order valence-corrected chi connectivity index (χ0v) is 20.5. The summed E-state index contributed by atoms with van der Waals surface area (Å²) in [4.78, 5) is 47.6. The van der Waals surface area contributed by atoms with Crippen LogP contribution in [0.1, 0.15) is 0 Å². The van der Waals surface area contributed by atoms with E-state index < -0.39 is 11.8 Å². The van der Waals surface area contributed by atoms with Gasteiger partial charge in [0.05, 0.1) is 22.9 Å². The molecule has 1 fully saturated rings. The number of halogens is 1. The van der Waals surface area contributed by atoms with Crippen LogP contribution in [-0.2, 0) is 19.1 Å². The molecule has 3 amide bonds. The Morgan fingerprint density at radius 2 is 2.08 bits per heavy atom. The Bertz CT molecular complexity index is 1230. The minimum absolute atomic E-state index is 0.0235. The van der Waals surface area contributed by atoms with Crippen molar-refractivity contribution in [3.05, 3.63) is 66.1 Å². The third-order valence-corrected chi connectivity index (χ3v) is 5.14. The SMILES string of the molecule is C=C(C(=O)Nc1ccc(N2CCOCC2=O)cc1OCCN)C(=N/C=C\N)C(=O)Nc1ccc(Cl)cn1. The first-order valence-electron chi connectivity index (χ1n) is 11.1. The van der Waals surface area contributed by atoms with E-state index in [1.165, 1.54) is 12.3 Å². The van der Waals surface area contributed by atoms with E-state index >= 15 is 0 Å². The summed E-state index contributed by atoms with van der Waals surface area (Å²) < 4.78 is 10.9. The summed E-state index contributed by atoms with van der Waals surface area (Å²) in [5.41, 5.74) is 11.2. The van der Waals surface area contributed by atoms with Crippen LogP contribution >= 0.6 is 11.6 Å². The summed E-state index contributed by atoms with van der Waals surface area (Å²) in [6.07, 6.45) is 3.60. The Hall–Kier alpha value is -4.26. The number of nitrogens with zero attached hydrogens (tertiary/aromatic N) is 3. The topological polar surface area (TPSA) is 174 Å². The van der Waals surface area contributed by atoms with Gasteiger partial charge in [-0.25, -0.2) is 9.98 Å². The van der Waals surface area contributed by atoms with E-state index in [0.717, 1.165) is 12.4 Å². The number of nitrogens with two attached hydrogens (primary N) is 2. The van der Waals surface area contributed by atoms with E-state index in [1.54, 1.807) is 29.2 Å². The van der Waals surface area contributed by atoms with E-state index in [2.05, 4.69) is 27.2 Å². The smallest absolute Gasteiger partial charge is 0.276 e. The first-order valence-corrected chi connectivity index (χ1v) is 11.4. The van der Waals surface area contributed by atoms with E-state index in [0.29, 0.717) is 23.9 Å². The molecule has 0 aliphatic carbocycles. The number of pyridine rings is 1. The van der Waals surface area contributed by atoms with Crippen molar-refractivity contribution in [3.63, 3.8) is 0 Å². The van der Waals surface area contributed by atoms with Gasteiger partial charge in [-0.15, -0.1) is 0 Å². The molecule has 6 N–H and O–H groups in total. The average Bonchev–Trinajstić information content (AvgIpc) is 2.89. The molecule has 1 aliphatic rings. The van der Waals surface area contributed by atoms with Crippen molar-refractivity contribution in [2.24, 2.45) is 16.5 Å². The standard InChI is InChI=1S/C24H26ClN7O5/c1-15(22(28-8-6-26)24(35)31-20-5-2-16(25)13-29-20)23(34)30-18-4-3-17(12-19(18)37-10-7-27)32-9-11-36-14-21(32)33/h2-6,8,12-13H,1,7,9-11,14,26-27H2,(H,30,34)(H,29,31,35)/b8-6-,28-22?. The molecule has 1 aromatic carbocycles. The summed E-state index contributed by atoms with van der Waals surface area (Å²) in [6.45, 7) is 4.87. The fourth-order valence-electron chi connectivity index (χ4n) is 3.18. The number of nitrogens with one attached hydrogen (secondary N) is 2. The lowest BCUT2D eigenvalue weighted by molar-refractivity contribution is -0.125. The Morgan fingerprint density at radius 1 is 1.27 bits per heavy atom. The minimum Gasteiger partial charge on any atom is -0.490 e.